The second-order valence-corrected chi connectivity index (χ2v) is 4.20. The molecule has 0 radical (unpaired) electrons. The van der Waals surface area contributed by atoms with Gasteiger partial charge in [-0.1, -0.05) is 0 Å². The molecule has 2 aromatic rings. The van der Waals surface area contributed by atoms with Gasteiger partial charge in [-0.3, -0.25) is 4.98 Å². The van der Waals surface area contributed by atoms with Crippen LogP contribution in [0.2, 0.25) is 0 Å². The van der Waals surface area contributed by atoms with E-state index < -0.39 is 0 Å². The quantitative estimate of drug-likeness (QED) is 0.673. The first-order valence-corrected chi connectivity index (χ1v) is 5.30. The number of rotatable bonds is 0. The van der Waals surface area contributed by atoms with Gasteiger partial charge in [0.05, 0.1) is 11.0 Å². The van der Waals surface area contributed by atoms with Gasteiger partial charge in [0, 0.05) is 11.9 Å². The summed E-state index contributed by atoms with van der Waals surface area (Å²) in [5.41, 5.74) is 6.54. The normalized spacial score (nSPS) is 15.8. The Morgan fingerprint density at radius 3 is 3.07 bits per heavy atom. The highest BCUT2D eigenvalue weighted by Gasteiger charge is 2.15. The van der Waals surface area contributed by atoms with E-state index in [1.54, 1.807) is 0 Å². The van der Waals surface area contributed by atoms with Crippen molar-refractivity contribution in [3.05, 3.63) is 29.1 Å². The molecule has 0 saturated heterocycles. The molecule has 0 saturated carbocycles. The van der Waals surface area contributed by atoms with E-state index in [4.69, 9.17) is 0 Å². The zero-order valence-corrected chi connectivity index (χ0v) is 8.43. The van der Waals surface area contributed by atoms with Crippen molar-refractivity contribution in [1.82, 2.24) is 9.97 Å². The molecule has 2 heterocycles. The van der Waals surface area contributed by atoms with Crippen LogP contribution in [-0.2, 0) is 12.8 Å². The van der Waals surface area contributed by atoms with Gasteiger partial charge >= 0.3 is 0 Å². The number of H-pyrrole nitrogens is 1. The second kappa shape index (κ2) is 2.84. The maximum atomic E-state index is 4.52. The summed E-state index contributed by atoms with van der Waals surface area (Å²) in [4.78, 5) is 8.02. The van der Waals surface area contributed by atoms with Gasteiger partial charge in [0.15, 0.2) is 0 Å². The lowest BCUT2D eigenvalue weighted by atomic mass is 9.97. The molecular weight excluding hydrogens is 172 g/mol. The first kappa shape index (κ1) is 8.04. The van der Waals surface area contributed by atoms with Gasteiger partial charge in [0.2, 0.25) is 0 Å². The van der Waals surface area contributed by atoms with Crippen LogP contribution < -0.4 is 0 Å². The maximum Gasteiger partial charge on any atom is 0.0913 e. The van der Waals surface area contributed by atoms with E-state index in [-0.39, 0.29) is 0 Å². The number of aryl methyl sites for hydroxylation is 3. The lowest BCUT2D eigenvalue weighted by Gasteiger charge is -2.09. The fraction of sp³-hybridized carbons (Fsp3) is 0.417. The van der Waals surface area contributed by atoms with Gasteiger partial charge in [-0.05, 0) is 49.8 Å². The number of hydrogen-bond donors (Lipinski definition) is 1. The van der Waals surface area contributed by atoms with Gasteiger partial charge in [-0.25, -0.2) is 0 Å². The third-order valence-corrected chi connectivity index (χ3v) is 3.06. The van der Waals surface area contributed by atoms with Crippen molar-refractivity contribution >= 4 is 11.0 Å². The summed E-state index contributed by atoms with van der Waals surface area (Å²) in [5, 5.41) is 0. The van der Waals surface area contributed by atoms with Gasteiger partial charge in [-0.2, -0.15) is 0 Å². The predicted octanol–water partition coefficient (Wildman–Crippen LogP) is 2.75. The Hall–Kier alpha value is -1.31. The molecule has 0 amide bonds. The van der Waals surface area contributed by atoms with Crippen LogP contribution in [0.3, 0.4) is 0 Å². The molecule has 0 unspecified atom stereocenters. The van der Waals surface area contributed by atoms with Crippen LogP contribution in [-0.4, -0.2) is 9.97 Å². The van der Waals surface area contributed by atoms with Crippen LogP contribution in [0.25, 0.3) is 11.0 Å². The minimum absolute atomic E-state index is 1.20. The third-order valence-electron chi connectivity index (χ3n) is 3.06. The smallest absolute Gasteiger partial charge is 0.0913 e. The Balaban J connectivity index is 2.31. The van der Waals surface area contributed by atoms with Crippen LogP contribution in [0.4, 0.5) is 0 Å². The summed E-state index contributed by atoms with van der Waals surface area (Å²) >= 11 is 0. The molecule has 1 aliphatic rings. The highest BCUT2D eigenvalue weighted by atomic mass is 14.8. The molecule has 2 heteroatoms. The third kappa shape index (κ3) is 1.07. The summed E-state index contributed by atoms with van der Waals surface area (Å²) in [6.45, 7) is 2.09. The Kier molecular flexibility index (Phi) is 1.63. The molecule has 1 aliphatic carbocycles. The second-order valence-electron chi connectivity index (χ2n) is 4.20. The number of nitrogens with zero attached hydrogens (tertiary/aromatic N) is 1. The number of hydrogen-bond acceptors (Lipinski definition) is 1. The van der Waals surface area contributed by atoms with Crippen LogP contribution >= 0.6 is 0 Å². The number of aromatic nitrogens is 2. The average molecular weight is 186 g/mol. The number of nitrogens with one attached hydrogen (secondary N) is 1. The van der Waals surface area contributed by atoms with Crippen molar-refractivity contribution in [3.8, 4) is 0 Å². The molecule has 14 heavy (non-hydrogen) atoms. The van der Waals surface area contributed by atoms with Gasteiger partial charge in [-0.15, -0.1) is 0 Å². The molecular formula is C12H14N2. The molecule has 0 aliphatic heterocycles. The van der Waals surface area contributed by atoms with Crippen LogP contribution in [0.1, 0.15) is 29.7 Å². The molecule has 1 N–H and O–H groups in total. The van der Waals surface area contributed by atoms with Crippen molar-refractivity contribution in [3.63, 3.8) is 0 Å². The Morgan fingerprint density at radius 2 is 2.14 bits per heavy atom. The van der Waals surface area contributed by atoms with Crippen molar-refractivity contribution in [2.75, 3.05) is 0 Å². The monoisotopic (exact) mass is 186 g/mol. The maximum absolute atomic E-state index is 4.52. The Labute approximate surface area is 83.4 Å². The largest absolute Gasteiger partial charge is 0.357 e. The molecule has 0 bridgehead atoms. The van der Waals surface area contributed by atoms with Crippen LogP contribution in [0, 0.1) is 6.92 Å². The fourth-order valence-electron chi connectivity index (χ4n) is 2.37. The standard InChI is InChI=1S/C12H14N2/c1-8-6-11-12(13-7-8)9-4-2-3-5-10(9)14-11/h6-7,14H,2-5H2,1H3. The molecule has 2 nitrogen and oxygen atoms in total. The summed E-state index contributed by atoms with van der Waals surface area (Å²) in [6.07, 6.45) is 7.00. The van der Waals surface area contributed by atoms with E-state index in [2.05, 4.69) is 23.0 Å². The molecule has 0 spiro atoms. The lowest BCUT2D eigenvalue weighted by molar-refractivity contribution is 0.679. The molecule has 3 rings (SSSR count). The minimum atomic E-state index is 1.20. The van der Waals surface area contributed by atoms with E-state index in [0.29, 0.717) is 0 Å². The van der Waals surface area contributed by atoms with Crippen molar-refractivity contribution < 1.29 is 0 Å². The molecule has 72 valence electrons. The summed E-state index contributed by atoms with van der Waals surface area (Å²) in [5.74, 6) is 0. The first-order chi connectivity index (χ1) is 6.84. The summed E-state index contributed by atoms with van der Waals surface area (Å²) < 4.78 is 0. The zero-order valence-electron chi connectivity index (χ0n) is 8.43. The van der Waals surface area contributed by atoms with E-state index in [0.717, 1.165) is 0 Å². The van der Waals surface area contributed by atoms with Crippen molar-refractivity contribution in [2.24, 2.45) is 0 Å². The summed E-state index contributed by atoms with van der Waals surface area (Å²) in [7, 11) is 0. The average Bonchev–Trinajstić information content (AvgIpc) is 2.54. The van der Waals surface area contributed by atoms with Crippen molar-refractivity contribution in [1.29, 1.82) is 0 Å². The molecule has 2 aromatic heterocycles. The lowest BCUT2D eigenvalue weighted by Crippen LogP contribution is -2.00. The predicted molar refractivity (Wildman–Crippen MR) is 57.5 cm³/mol. The van der Waals surface area contributed by atoms with Crippen molar-refractivity contribution in [2.45, 2.75) is 32.6 Å². The zero-order chi connectivity index (χ0) is 9.54. The SMILES string of the molecule is Cc1cnc2c3c([nH]c2c1)CCCC3. The summed E-state index contributed by atoms with van der Waals surface area (Å²) in [6, 6.07) is 2.20. The van der Waals surface area contributed by atoms with Crippen LogP contribution in [0.5, 0.6) is 0 Å². The number of fused-ring (bicyclic) bond motifs is 3. The molecule has 0 aromatic carbocycles. The van der Waals surface area contributed by atoms with E-state index in [1.807, 2.05) is 6.20 Å². The van der Waals surface area contributed by atoms with E-state index >= 15 is 0 Å². The number of aromatic amines is 1. The van der Waals surface area contributed by atoms with Crippen LogP contribution in [0.15, 0.2) is 12.3 Å². The molecule has 0 atom stereocenters. The number of pyridine rings is 1. The Morgan fingerprint density at radius 1 is 1.29 bits per heavy atom. The Bertz CT molecular complexity index is 482. The van der Waals surface area contributed by atoms with E-state index in [1.165, 1.54) is 53.5 Å². The fourth-order valence-corrected chi connectivity index (χ4v) is 2.37. The van der Waals surface area contributed by atoms with Gasteiger partial charge in [0.25, 0.3) is 0 Å². The molecule has 0 fully saturated rings. The highest BCUT2D eigenvalue weighted by molar-refractivity contribution is 5.81. The van der Waals surface area contributed by atoms with Gasteiger partial charge in [0.1, 0.15) is 0 Å². The highest BCUT2D eigenvalue weighted by Crippen LogP contribution is 2.27. The first-order valence-electron chi connectivity index (χ1n) is 5.30. The minimum Gasteiger partial charge on any atom is -0.357 e. The van der Waals surface area contributed by atoms with Gasteiger partial charge < -0.3 is 4.98 Å². The topological polar surface area (TPSA) is 28.7 Å². The van der Waals surface area contributed by atoms with E-state index in [9.17, 15) is 0 Å².